The van der Waals surface area contributed by atoms with Crippen LogP contribution in [0.4, 0.5) is 4.79 Å². The van der Waals surface area contributed by atoms with Gasteiger partial charge in [-0.15, -0.1) is 0 Å². The van der Waals surface area contributed by atoms with Gasteiger partial charge in [0.15, 0.2) is 0 Å². The Bertz CT molecular complexity index is 594. The maximum Gasteiger partial charge on any atom is 0.503 e. The first kappa shape index (κ1) is 16.0. The number of nitrogens with zero attached hydrogens (tertiary/aromatic N) is 2. The third kappa shape index (κ3) is 4.60. The maximum absolute atomic E-state index is 8.56. The van der Waals surface area contributed by atoms with Gasteiger partial charge in [0.2, 0.25) is 0 Å². The largest absolute Gasteiger partial charge is 0.503 e. The number of aromatic nitrogens is 2. The molecule has 0 spiro atoms. The second-order valence-corrected chi connectivity index (χ2v) is 5.36. The summed E-state index contributed by atoms with van der Waals surface area (Å²) in [6, 6.07) is 10.3. The van der Waals surface area contributed by atoms with Crippen molar-refractivity contribution >= 4 is 6.16 Å². The molecule has 0 amide bonds. The Hall–Kier alpha value is -2.34. The molecule has 1 aliphatic carbocycles. The summed E-state index contributed by atoms with van der Waals surface area (Å²) in [6.45, 7) is 0.807. The second kappa shape index (κ2) is 7.61. The molecule has 22 heavy (non-hydrogen) atoms. The second-order valence-electron chi connectivity index (χ2n) is 5.36. The van der Waals surface area contributed by atoms with E-state index in [-0.39, 0.29) is 0 Å². The quantitative estimate of drug-likeness (QED) is 0.788. The minimum Gasteiger partial charge on any atom is -0.450 e. The van der Waals surface area contributed by atoms with E-state index < -0.39 is 6.16 Å². The zero-order valence-corrected chi connectivity index (χ0v) is 12.3. The molecule has 2 aromatic rings. The summed E-state index contributed by atoms with van der Waals surface area (Å²) in [7, 11) is 0. The minimum absolute atomic E-state index is 0.668. The van der Waals surface area contributed by atoms with E-state index in [1.165, 1.54) is 24.2 Å². The standard InChI is InChI=1S/C15H19N3.CH2O3/c16-8-4-5-12-9-14(12)15-10-18(11-17-15)13-6-2-1-3-7-13;2-1(3)4/h1-3,6-7,10-12,14H,4-5,8-9,16H2;(H2,2,3,4). The Kier molecular flexibility index (Phi) is 5.55. The van der Waals surface area contributed by atoms with E-state index in [9.17, 15) is 0 Å². The van der Waals surface area contributed by atoms with Gasteiger partial charge < -0.3 is 20.5 Å². The summed E-state index contributed by atoms with van der Waals surface area (Å²) >= 11 is 0. The van der Waals surface area contributed by atoms with Crippen LogP contribution in [0.3, 0.4) is 0 Å². The molecule has 6 heteroatoms. The first-order valence-corrected chi connectivity index (χ1v) is 7.33. The van der Waals surface area contributed by atoms with Crippen molar-refractivity contribution in [1.82, 2.24) is 9.55 Å². The minimum atomic E-state index is -1.83. The van der Waals surface area contributed by atoms with Gasteiger partial charge in [-0.05, 0) is 43.9 Å². The number of carbonyl (C=O) groups is 1. The highest BCUT2D eigenvalue weighted by atomic mass is 16.6. The highest BCUT2D eigenvalue weighted by Crippen LogP contribution is 2.49. The van der Waals surface area contributed by atoms with Crippen LogP contribution in [0.2, 0.25) is 0 Å². The first-order valence-electron chi connectivity index (χ1n) is 7.33. The Morgan fingerprint density at radius 1 is 1.32 bits per heavy atom. The lowest BCUT2D eigenvalue weighted by Crippen LogP contribution is -1.98. The van der Waals surface area contributed by atoms with Crippen LogP contribution in [0.25, 0.3) is 5.69 Å². The van der Waals surface area contributed by atoms with E-state index in [1.54, 1.807) is 0 Å². The van der Waals surface area contributed by atoms with Crippen molar-refractivity contribution in [1.29, 1.82) is 0 Å². The number of para-hydroxylation sites is 1. The van der Waals surface area contributed by atoms with Gasteiger partial charge in [0.25, 0.3) is 0 Å². The van der Waals surface area contributed by atoms with Crippen molar-refractivity contribution in [3.63, 3.8) is 0 Å². The molecule has 1 aromatic carbocycles. The molecule has 1 fully saturated rings. The molecular formula is C16H21N3O3. The molecule has 1 heterocycles. The Labute approximate surface area is 129 Å². The van der Waals surface area contributed by atoms with Gasteiger partial charge >= 0.3 is 6.16 Å². The van der Waals surface area contributed by atoms with Crippen LogP contribution < -0.4 is 5.73 Å². The fraction of sp³-hybridized carbons (Fsp3) is 0.375. The Morgan fingerprint density at radius 3 is 2.64 bits per heavy atom. The smallest absolute Gasteiger partial charge is 0.450 e. The normalized spacial score (nSPS) is 19.1. The fourth-order valence-electron chi connectivity index (χ4n) is 2.58. The molecule has 118 valence electrons. The molecule has 0 bridgehead atoms. The molecule has 2 unspecified atom stereocenters. The van der Waals surface area contributed by atoms with Crippen molar-refractivity contribution in [2.24, 2.45) is 11.7 Å². The molecule has 2 atom stereocenters. The van der Waals surface area contributed by atoms with E-state index in [0.717, 1.165) is 18.9 Å². The lowest BCUT2D eigenvalue weighted by atomic mass is 10.1. The monoisotopic (exact) mass is 303 g/mol. The summed E-state index contributed by atoms with van der Waals surface area (Å²) in [4.78, 5) is 13.1. The topological polar surface area (TPSA) is 101 Å². The zero-order chi connectivity index (χ0) is 15.9. The van der Waals surface area contributed by atoms with Gasteiger partial charge in [0, 0.05) is 17.8 Å². The van der Waals surface area contributed by atoms with Gasteiger partial charge in [-0.3, -0.25) is 0 Å². The van der Waals surface area contributed by atoms with E-state index >= 15 is 0 Å². The van der Waals surface area contributed by atoms with Crippen LogP contribution >= 0.6 is 0 Å². The molecule has 4 N–H and O–H groups in total. The number of hydrogen-bond donors (Lipinski definition) is 3. The van der Waals surface area contributed by atoms with Crippen LogP contribution in [-0.4, -0.2) is 32.5 Å². The predicted octanol–water partition coefficient (Wildman–Crippen LogP) is 2.94. The Morgan fingerprint density at radius 2 is 2.00 bits per heavy atom. The van der Waals surface area contributed by atoms with Crippen LogP contribution in [0.5, 0.6) is 0 Å². The van der Waals surface area contributed by atoms with Gasteiger partial charge in [0.1, 0.15) is 0 Å². The third-order valence-corrected chi connectivity index (χ3v) is 3.74. The molecule has 6 nitrogen and oxygen atoms in total. The van der Waals surface area contributed by atoms with Crippen molar-refractivity contribution in [2.45, 2.75) is 25.2 Å². The number of nitrogens with two attached hydrogens (primary N) is 1. The summed E-state index contributed by atoms with van der Waals surface area (Å²) in [5.41, 5.74) is 7.96. The molecule has 1 aliphatic rings. The average molecular weight is 303 g/mol. The van der Waals surface area contributed by atoms with Crippen molar-refractivity contribution in [3.8, 4) is 5.69 Å². The van der Waals surface area contributed by atoms with E-state index in [0.29, 0.717) is 5.92 Å². The summed E-state index contributed by atoms with van der Waals surface area (Å²) in [5, 5.41) is 13.9. The molecule has 1 saturated carbocycles. The number of imidazole rings is 1. The van der Waals surface area contributed by atoms with Gasteiger partial charge in [-0.2, -0.15) is 0 Å². The van der Waals surface area contributed by atoms with Crippen LogP contribution in [0.1, 0.15) is 30.9 Å². The van der Waals surface area contributed by atoms with Crippen molar-refractivity contribution in [2.75, 3.05) is 6.54 Å². The van der Waals surface area contributed by atoms with E-state index in [2.05, 4.69) is 40.0 Å². The molecule has 0 radical (unpaired) electrons. The Balaban J connectivity index is 0.000000396. The summed E-state index contributed by atoms with van der Waals surface area (Å²) < 4.78 is 2.10. The molecule has 0 aliphatic heterocycles. The van der Waals surface area contributed by atoms with E-state index in [4.69, 9.17) is 20.7 Å². The maximum atomic E-state index is 8.56. The third-order valence-electron chi connectivity index (χ3n) is 3.74. The van der Waals surface area contributed by atoms with Gasteiger partial charge in [-0.1, -0.05) is 18.2 Å². The van der Waals surface area contributed by atoms with Gasteiger partial charge in [-0.25, -0.2) is 9.78 Å². The highest BCUT2D eigenvalue weighted by molar-refractivity contribution is 5.53. The lowest BCUT2D eigenvalue weighted by molar-refractivity contribution is 0.137. The number of hydrogen-bond acceptors (Lipinski definition) is 3. The highest BCUT2D eigenvalue weighted by Gasteiger charge is 2.38. The lowest BCUT2D eigenvalue weighted by Gasteiger charge is -1.99. The molecular weight excluding hydrogens is 282 g/mol. The summed E-state index contributed by atoms with van der Waals surface area (Å²) in [5.74, 6) is 1.48. The fourth-order valence-corrected chi connectivity index (χ4v) is 2.58. The van der Waals surface area contributed by atoms with Crippen molar-refractivity contribution < 1.29 is 15.0 Å². The number of carboxylic acid groups (broad SMARTS) is 2. The van der Waals surface area contributed by atoms with Gasteiger partial charge in [0.05, 0.1) is 12.0 Å². The average Bonchev–Trinajstić information content (AvgIpc) is 3.11. The predicted molar refractivity (Wildman–Crippen MR) is 83.4 cm³/mol. The zero-order valence-electron chi connectivity index (χ0n) is 12.3. The molecule has 1 aromatic heterocycles. The SMILES string of the molecule is NCCCC1CC1c1cn(-c2ccccc2)cn1.O=C(O)O. The first-order chi connectivity index (χ1) is 10.6. The van der Waals surface area contributed by atoms with E-state index in [1.807, 2.05) is 12.4 Å². The molecule has 3 rings (SSSR count). The van der Waals surface area contributed by atoms with Crippen LogP contribution in [-0.2, 0) is 0 Å². The summed E-state index contributed by atoms with van der Waals surface area (Å²) in [6.07, 6.45) is 5.93. The number of benzene rings is 1. The van der Waals surface area contributed by atoms with Crippen LogP contribution in [0.15, 0.2) is 42.9 Å². The van der Waals surface area contributed by atoms with Crippen LogP contribution in [0, 0.1) is 5.92 Å². The number of rotatable bonds is 5. The van der Waals surface area contributed by atoms with Crippen molar-refractivity contribution in [3.05, 3.63) is 48.5 Å². The molecule has 0 saturated heterocycles.